The fourth-order valence-corrected chi connectivity index (χ4v) is 2.48. The van der Waals surface area contributed by atoms with Crippen LogP contribution in [0.3, 0.4) is 0 Å². The summed E-state index contributed by atoms with van der Waals surface area (Å²) in [6.45, 7) is 2.51. The van der Waals surface area contributed by atoms with Gasteiger partial charge in [-0.3, -0.25) is 4.79 Å². The molecule has 2 rings (SSSR count). The van der Waals surface area contributed by atoms with Gasteiger partial charge < -0.3 is 10.1 Å². The summed E-state index contributed by atoms with van der Waals surface area (Å²) >= 11 is 0.476. The van der Waals surface area contributed by atoms with Crippen molar-refractivity contribution in [3.63, 3.8) is 0 Å². The van der Waals surface area contributed by atoms with Crippen LogP contribution in [0.5, 0.6) is 5.75 Å². The largest absolute Gasteiger partial charge is 0.494 e. The normalized spacial score (nSPS) is 10.6. The second-order valence-corrected chi connectivity index (χ2v) is 5.77. The molecule has 0 radical (unpaired) electrons. The Morgan fingerprint density at radius 2 is 1.78 bits per heavy atom. The number of alkyl halides is 2. The molecule has 2 aromatic carbocycles. The number of nitrogens with one attached hydrogen (secondary N) is 1. The fourth-order valence-electron chi connectivity index (χ4n) is 1.98. The molecule has 0 aliphatic heterocycles. The van der Waals surface area contributed by atoms with Crippen molar-refractivity contribution in [1.82, 2.24) is 0 Å². The molecule has 0 saturated heterocycles. The maximum Gasteiger partial charge on any atom is 0.288 e. The van der Waals surface area contributed by atoms with Crippen molar-refractivity contribution in [2.75, 3.05) is 11.9 Å². The molecule has 0 unspecified atom stereocenters. The van der Waals surface area contributed by atoms with Crippen molar-refractivity contribution >= 4 is 23.4 Å². The van der Waals surface area contributed by atoms with Crippen LogP contribution >= 0.6 is 11.8 Å². The number of thioether (sulfide) groups is 1. The highest BCUT2D eigenvalue weighted by molar-refractivity contribution is 7.99. The quantitative estimate of drug-likeness (QED) is 0.752. The fraction of sp³-hybridized carbons (Fsp3) is 0.235. The first-order valence-corrected chi connectivity index (χ1v) is 8.01. The average molecular weight is 337 g/mol. The van der Waals surface area contributed by atoms with Crippen LogP contribution in [0.2, 0.25) is 0 Å². The maximum atomic E-state index is 12.2. The summed E-state index contributed by atoms with van der Waals surface area (Å²) in [4.78, 5) is 12.5. The molecule has 0 aliphatic carbocycles. The summed E-state index contributed by atoms with van der Waals surface area (Å²) in [5.74, 6) is -1.85. The van der Waals surface area contributed by atoms with E-state index in [2.05, 4.69) is 5.32 Å². The molecular weight excluding hydrogens is 320 g/mol. The predicted molar refractivity (Wildman–Crippen MR) is 88.2 cm³/mol. The molecule has 0 atom stereocenters. The van der Waals surface area contributed by atoms with E-state index in [9.17, 15) is 13.6 Å². The van der Waals surface area contributed by atoms with E-state index in [-0.39, 0.29) is 12.3 Å². The van der Waals surface area contributed by atoms with Gasteiger partial charge in [0.05, 0.1) is 13.0 Å². The van der Waals surface area contributed by atoms with Gasteiger partial charge in [-0.15, -0.1) is 0 Å². The molecule has 0 bridgehead atoms. The smallest absolute Gasteiger partial charge is 0.288 e. The number of hydrogen-bond donors (Lipinski definition) is 1. The summed E-state index contributed by atoms with van der Waals surface area (Å²) in [5, 5.41) is 2.74. The highest BCUT2D eigenvalue weighted by Gasteiger charge is 2.07. The lowest BCUT2D eigenvalue weighted by molar-refractivity contribution is -0.115. The first-order valence-electron chi connectivity index (χ1n) is 7.13. The Kier molecular flexibility index (Phi) is 6.40. The third-order valence-electron chi connectivity index (χ3n) is 2.96. The first-order chi connectivity index (χ1) is 11.1. The molecule has 0 heterocycles. The van der Waals surface area contributed by atoms with Crippen molar-refractivity contribution in [2.24, 2.45) is 0 Å². The number of carbonyl (C=O) groups is 1. The standard InChI is InChI=1S/C17H17F2NO2S/c1-2-22-14-7-3-12(4-8-14)11-16(21)20-13-5-9-15(10-6-13)23-17(18)19/h3-10,17H,2,11H2,1H3,(H,20,21). The van der Waals surface area contributed by atoms with E-state index >= 15 is 0 Å². The van der Waals surface area contributed by atoms with E-state index < -0.39 is 5.76 Å². The third-order valence-corrected chi connectivity index (χ3v) is 3.68. The molecule has 3 nitrogen and oxygen atoms in total. The predicted octanol–water partition coefficient (Wildman–Crippen LogP) is 4.58. The van der Waals surface area contributed by atoms with Gasteiger partial charge in [0, 0.05) is 10.6 Å². The Bertz CT molecular complexity index is 630. The number of hydrogen-bond acceptors (Lipinski definition) is 3. The van der Waals surface area contributed by atoms with Crippen molar-refractivity contribution in [1.29, 1.82) is 0 Å². The van der Waals surface area contributed by atoms with Gasteiger partial charge in [-0.05, 0) is 48.9 Å². The second kappa shape index (κ2) is 8.53. The number of amides is 1. The third kappa shape index (κ3) is 5.90. The molecule has 0 aromatic heterocycles. The highest BCUT2D eigenvalue weighted by atomic mass is 32.2. The molecule has 23 heavy (non-hydrogen) atoms. The molecule has 1 amide bonds. The Labute approximate surface area is 138 Å². The van der Waals surface area contributed by atoms with Crippen LogP contribution in [0, 0.1) is 0 Å². The summed E-state index contributed by atoms with van der Waals surface area (Å²) in [5.41, 5.74) is 1.45. The summed E-state index contributed by atoms with van der Waals surface area (Å²) in [7, 11) is 0. The van der Waals surface area contributed by atoms with Gasteiger partial charge in [-0.25, -0.2) is 0 Å². The van der Waals surface area contributed by atoms with E-state index in [4.69, 9.17) is 4.74 Å². The Morgan fingerprint density at radius 3 is 2.35 bits per heavy atom. The summed E-state index contributed by atoms with van der Waals surface area (Å²) in [6.07, 6.45) is 0.236. The topological polar surface area (TPSA) is 38.3 Å². The lowest BCUT2D eigenvalue weighted by Crippen LogP contribution is -2.14. The van der Waals surface area contributed by atoms with Crippen molar-refractivity contribution in [3.05, 3.63) is 54.1 Å². The molecule has 0 saturated carbocycles. The van der Waals surface area contributed by atoms with Crippen molar-refractivity contribution in [3.8, 4) is 5.75 Å². The monoisotopic (exact) mass is 337 g/mol. The molecule has 2 aromatic rings. The van der Waals surface area contributed by atoms with Crippen LogP contribution in [-0.2, 0) is 11.2 Å². The van der Waals surface area contributed by atoms with Crippen molar-refractivity contribution in [2.45, 2.75) is 24.0 Å². The molecular formula is C17H17F2NO2S. The lowest BCUT2D eigenvalue weighted by atomic mass is 10.1. The minimum atomic E-state index is -2.45. The summed E-state index contributed by atoms with van der Waals surface area (Å²) < 4.78 is 29.8. The maximum absolute atomic E-state index is 12.2. The van der Waals surface area contributed by atoms with Gasteiger partial charge in [-0.1, -0.05) is 23.9 Å². The molecule has 0 aliphatic rings. The lowest BCUT2D eigenvalue weighted by Gasteiger charge is -2.07. The Hall–Kier alpha value is -2.08. The summed E-state index contributed by atoms with van der Waals surface area (Å²) in [6, 6.07) is 13.7. The van der Waals surface area contributed by atoms with Crippen LogP contribution < -0.4 is 10.1 Å². The second-order valence-electron chi connectivity index (χ2n) is 4.70. The van der Waals surface area contributed by atoms with Gasteiger partial charge in [-0.2, -0.15) is 8.78 Å². The molecule has 0 fully saturated rings. The molecule has 122 valence electrons. The van der Waals surface area contributed by atoms with Crippen LogP contribution in [0.15, 0.2) is 53.4 Å². The minimum Gasteiger partial charge on any atom is -0.494 e. The van der Waals surface area contributed by atoms with Gasteiger partial charge in [0.25, 0.3) is 5.76 Å². The Morgan fingerprint density at radius 1 is 1.13 bits per heavy atom. The average Bonchev–Trinajstić information content (AvgIpc) is 2.51. The van der Waals surface area contributed by atoms with Gasteiger partial charge in [0.2, 0.25) is 5.91 Å². The van der Waals surface area contributed by atoms with Crippen LogP contribution in [0.25, 0.3) is 0 Å². The minimum absolute atomic E-state index is 0.163. The van der Waals surface area contributed by atoms with E-state index in [0.717, 1.165) is 11.3 Å². The van der Waals surface area contributed by atoms with E-state index in [1.165, 1.54) is 0 Å². The van der Waals surface area contributed by atoms with E-state index in [1.807, 2.05) is 31.2 Å². The van der Waals surface area contributed by atoms with Gasteiger partial charge >= 0.3 is 0 Å². The molecule has 0 spiro atoms. The van der Waals surface area contributed by atoms with Crippen LogP contribution in [0.1, 0.15) is 12.5 Å². The van der Waals surface area contributed by atoms with Crippen LogP contribution in [0.4, 0.5) is 14.5 Å². The van der Waals surface area contributed by atoms with Crippen molar-refractivity contribution < 1.29 is 18.3 Å². The SMILES string of the molecule is CCOc1ccc(CC(=O)Nc2ccc(SC(F)F)cc2)cc1. The first kappa shape index (κ1) is 17.3. The number of ether oxygens (including phenoxy) is 1. The Balaban J connectivity index is 1.88. The number of benzene rings is 2. The molecule has 6 heteroatoms. The zero-order chi connectivity index (χ0) is 16.7. The van der Waals surface area contributed by atoms with Crippen LogP contribution in [-0.4, -0.2) is 18.3 Å². The molecule has 1 N–H and O–H groups in total. The number of anilines is 1. The number of carbonyl (C=O) groups excluding carboxylic acids is 1. The van der Waals surface area contributed by atoms with E-state index in [1.54, 1.807) is 24.3 Å². The number of halogens is 2. The number of rotatable bonds is 7. The zero-order valence-electron chi connectivity index (χ0n) is 12.6. The zero-order valence-corrected chi connectivity index (χ0v) is 13.4. The van der Waals surface area contributed by atoms with Gasteiger partial charge in [0.15, 0.2) is 0 Å². The van der Waals surface area contributed by atoms with E-state index in [0.29, 0.717) is 29.0 Å². The van der Waals surface area contributed by atoms with Gasteiger partial charge in [0.1, 0.15) is 5.75 Å². The highest BCUT2D eigenvalue weighted by Crippen LogP contribution is 2.26.